The Morgan fingerprint density at radius 2 is 1.83 bits per heavy atom. The Morgan fingerprint density at radius 1 is 1.17 bits per heavy atom. The van der Waals surface area contributed by atoms with Crippen molar-refractivity contribution in [3.05, 3.63) is 63.6 Å². The fourth-order valence-electron chi connectivity index (χ4n) is 2.03. The molecule has 120 valence electrons. The van der Waals surface area contributed by atoms with E-state index in [0.29, 0.717) is 5.56 Å². The predicted molar refractivity (Wildman–Crippen MR) is 84.5 cm³/mol. The quantitative estimate of drug-likeness (QED) is 0.621. The second-order valence-corrected chi connectivity index (χ2v) is 5.14. The average molecular weight is 314 g/mol. The van der Waals surface area contributed by atoms with E-state index in [2.05, 4.69) is 5.10 Å². The molecule has 2 rings (SSSR count). The van der Waals surface area contributed by atoms with E-state index in [0.717, 1.165) is 16.7 Å². The molecule has 0 fully saturated rings. The predicted octanol–water partition coefficient (Wildman–Crippen LogP) is 1.77. The standard InChI is InChI=1S/C17H18N2O4/c1-4-12-5-7-13(8-6-12)16(21)11(2)23-17(22)14-9-10-15(20)19(3)18-14/h5-11H,4H2,1-3H3. The number of hydrogen-bond acceptors (Lipinski definition) is 5. The van der Waals surface area contributed by atoms with Gasteiger partial charge in [0.15, 0.2) is 11.8 Å². The van der Waals surface area contributed by atoms with Gasteiger partial charge in [-0.2, -0.15) is 5.10 Å². The van der Waals surface area contributed by atoms with Gasteiger partial charge in [-0.05, 0) is 25.0 Å². The van der Waals surface area contributed by atoms with E-state index in [-0.39, 0.29) is 17.0 Å². The van der Waals surface area contributed by atoms with Crippen LogP contribution in [-0.2, 0) is 18.2 Å². The van der Waals surface area contributed by atoms with E-state index in [1.165, 1.54) is 26.1 Å². The van der Waals surface area contributed by atoms with Crippen LogP contribution in [0.4, 0.5) is 0 Å². The smallest absolute Gasteiger partial charge is 0.359 e. The van der Waals surface area contributed by atoms with Gasteiger partial charge in [-0.3, -0.25) is 9.59 Å². The zero-order valence-corrected chi connectivity index (χ0v) is 13.3. The van der Waals surface area contributed by atoms with Crippen molar-refractivity contribution in [2.24, 2.45) is 7.05 Å². The average Bonchev–Trinajstić information content (AvgIpc) is 2.56. The molecule has 0 saturated heterocycles. The third kappa shape index (κ3) is 3.91. The van der Waals surface area contributed by atoms with Crippen molar-refractivity contribution >= 4 is 11.8 Å². The Bertz CT molecular complexity index is 778. The lowest BCUT2D eigenvalue weighted by atomic mass is 10.0. The van der Waals surface area contributed by atoms with E-state index in [9.17, 15) is 14.4 Å². The van der Waals surface area contributed by atoms with Crippen molar-refractivity contribution in [2.75, 3.05) is 0 Å². The van der Waals surface area contributed by atoms with Gasteiger partial charge in [0.05, 0.1) is 0 Å². The molecule has 6 heteroatoms. The van der Waals surface area contributed by atoms with Crippen LogP contribution in [0, 0.1) is 0 Å². The summed E-state index contributed by atoms with van der Waals surface area (Å²) in [6.45, 7) is 3.54. The maximum Gasteiger partial charge on any atom is 0.359 e. The van der Waals surface area contributed by atoms with Gasteiger partial charge in [-0.25, -0.2) is 9.48 Å². The molecule has 0 amide bonds. The first kappa shape index (κ1) is 16.6. The molecule has 0 saturated carbocycles. The van der Waals surface area contributed by atoms with Crippen molar-refractivity contribution in [3.63, 3.8) is 0 Å². The molecule has 1 aromatic carbocycles. The van der Waals surface area contributed by atoms with Crippen LogP contribution in [0.5, 0.6) is 0 Å². The minimum atomic E-state index is -0.936. The summed E-state index contributed by atoms with van der Waals surface area (Å²) >= 11 is 0. The number of benzene rings is 1. The summed E-state index contributed by atoms with van der Waals surface area (Å²) in [7, 11) is 1.43. The van der Waals surface area contributed by atoms with Crippen LogP contribution < -0.4 is 5.56 Å². The number of hydrogen-bond donors (Lipinski definition) is 0. The van der Waals surface area contributed by atoms with Crippen LogP contribution in [-0.4, -0.2) is 27.6 Å². The monoisotopic (exact) mass is 314 g/mol. The highest BCUT2D eigenvalue weighted by atomic mass is 16.5. The fraction of sp³-hybridized carbons (Fsp3) is 0.294. The molecule has 23 heavy (non-hydrogen) atoms. The molecular formula is C17H18N2O4. The fourth-order valence-corrected chi connectivity index (χ4v) is 2.03. The zero-order valence-electron chi connectivity index (χ0n) is 13.3. The van der Waals surface area contributed by atoms with Crippen LogP contribution in [0.3, 0.4) is 0 Å². The normalized spacial score (nSPS) is 11.8. The summed E-state index contributed by atoms with van der Waals surface area (Å²) in [6, 6.07) is 9.68. The van der Waals surface area contributed by atoms with Crippen molar-refractivity contribution < 1.29 is 14.3 Å². The van der Waals surface area contributed by atoms with Gasteiger partial charge >= 0.3 is 5.97 Å². The number of carbonyl (C=O) groups is 2. The van der Waals surface area contributed by atoms with E-state index >= 15 is 0 Å². The van der Waals surface area contributed by atoms with Gasteiger partial charge in [0.25, 0.3) is 5.56 Å². The van der Waals surface area contributed by atoms with Gasteiger partial charge < -0.3 is 4.74 Å². The topological polar surface area (TPSA) is 78.3 Å². The Hall–Kier alpha value is -2.76. The van der Waals surface area contributed by atoms with E-state index < -0.39 is 12.1 Å². The second-order valence-electron chi connectivity index (χ2n) is 5.14. The van der Waals surface area contributed by atoms with Crippen molar-refractivity contribution in [1.29, 1.82) is 0 Å². The van der Waals surface area contributed by atoms with Gasteiger partial charge in [-0.15, -0.1) is 0 Å². The zero-order chi connectivity index (χ0) is 17.0. The Morgan fingerprint density at radius 3 is 2.39 bits per heavy atom. The number of ketones is 1. The Labute approximate surface area is 133 Å². The molecule has 1 unspecified atom stereocenters. The van der Waals surface area contributed by atoms with E-state index in [1.54, 1.807) is 12.1 Å². The summed E-state index contributed by atoms with van der Waals surface area (Å²) in [5.41, 5.74) is 1.26. The van der Waals surface area contributed by atoms with Crippen molar-refractivity contribution in [2.45, 2.75) is 26.4 Å². The Balaban J connectivity index is 2.08. The SMILES string of the molecule is CCc1ccc(C(=O)C(C)OC(=O)c2ccc(=O)n(C)n2)cc1. The van der Waals surface area contributed by atoms with Crippen LogP contribution in [0.15, 0.2) is 41.2 Å². The molecule has 2 aromatic rings. The summed E-state index contributed by atoms with van der Waals surface area (Å²) in [6.07, 6.45) is -0.0498. The number of aromatic nitrogens is 2. The maximum atomic E-state index is 12.3. The minimum absolute atomic E-state index is 0.0203. The van der Waals surface area contributed by atoms with Crippen LogP contribution in [0.2, 0.25) is 0 Å². The molecule has 0 aliphatic carbocycles. The largest absolute Gasteiger partial charge is 0.449 e. The van der Waals surface area contributed by atoms with Crippen LogP contribution >= 0.6 is 0 Å². The molecule has 0 spiro atoms. The lowest BCUT2D eigenvalue weighted by Gasteiger charge is -2.12. The van der Waals surface area contributed by atoms with Gasteiger partial charge in [0.1, 0.15) is 0 Å². The number of rotatable bonds is 5. The molecule has 1 heterocycles. The van der Waals surface area contributed by atoms with Crippen LogP contribution in [0.1, 0.15) is 40.3 Å². The molecule has 0 radical (unpaired) electrons. The van der Waals surface area contributed by atoms with Crippen molar-refractivity contribution in [3.8, 4) is 0 Å². The number of nitrogens with zero attached hydrogens (tertiary/aromatic N) is 2. The molecule has 1 aromatic heterocycles. The van der Waals surface area contributed by atoms with Gasteiger partial charge in [-0.1, -0.05) is 31.2 Å². The molecule has 1 atom stereocenters. The molecule has 6 nitrogen and oxygen atoms in total. The highest BCUT2D eigenvalue weighted by Crippen LogP contribution is 2.10. The van der Waals surface area contributed by atoms with Crippen LogP contribution in [0.25, 0.3) is 0 Å². The van der Waals surface area contributed by atoms with Gasteiger partial charge in [0.2, 0.25) is 5.78 Å². The molecule has 0 aliphatic rings. The third-order valence-electron chi connectivity index (χ3n) is 3.47. The highest BCUT2D eigenvalue weighted by molar-refractivity contribution is 6.01. The van der Waals surface area contributed by atoms with E-state index in [1.807, 2.05) is 19.1 Å². The second kappa shape index (κ2) is 7.00. The minimum Gasteiger partial charge on any atom is -0.449 e. The number of aryl methyl sites for hydroxylation is 2. The first-order valence-corrected chi connectivity index (χ1v) is 7.31. The third-order valence-corrected chi connectivity index (χ3v) is 3.47. The van der Waals surface area contributed by atoms with Crippen molar-refractivity contribution in [1.82, 2.24) is 9.78 Å². The van der Waals surface area contributed by atoms with Gasteiger partial charge in [0, 0.05) is 18.7 Å². The lowest BCUT2D eigenvalue weighted by molar-refractivity contribution is 0.0310. The number of carbonyl (C=O) groups excluding carboxylic acids is 2. The summed E-state index contributed by atoms with van der Waals surface area (Å²) < 4.78 is 6.17. The van der Waals surface area contributed by atoms with E-state index in [4.69, 9.17) is 4.74 Å². The first-order valence-electron chi connectivity index (χ1n) is 7.31. The molecule has 0 N–H and O–H groups in total. The molecular weight excluding hydrogens is 296 g/mol. The summed E-state index contributed by atoms with van der Waals surface area (Å²) in [5.74, 6) is -1.03. The number of Topliss-reactive ketones (excluding diaryl/α,β-unsaturated/α-hetero) is 1. The first-order chi connectivity index (χ1) is 10.9. The highest BCUT2D eigenvalue weighted by Gasteiger charge is 2.21. The summed E-state index contributed by atoms with van der Waals surface area (Å²) in [4.78, 5) is 35.5. The molecule has 0 bridgehead atoms. The maximum absolute atomic E-state index is 12.3. The number of esters is 1. The number of ether oxygens (including phenoxy) is 1. The summed E-state index contributed by atoms with van der Waals surface area (Å²) in [5, 5.41) is 3.80. The lowest BCUT2D eigenvalue weighted by Crippen LogP contribution is -2.27. The Kier molecular flexibility index (Phi) is 5.05. The molecule has 0 aliphatic heterocycles.